The van der Waals surface area contributed by atoms with Crippen LogP contribution < -0.4 is 14.8 Å². The van der Waals surface area contributed by atoms with E-state index in [-0.39, 0.29) is 0 Å². The van der Waals surface area contributed by atoms with Crippen LogP contribution in [0.1, 0.15) is 16.7 Å². The van der Waals surface area contributed by atoms with Crippen molar-refractivity contribution in [3.05, 3.63) is 46.2 Å². The van der Waals surface area contributed by atoms with Crippen molar-refractivity contribution in [3.8, 4) is 11.5 Å². The molecule has 0 radical (unpaired) electrons. The van der Waals surface area contributed by atoms with Crippen LogP contribution in [-0.4, -0.2) is 19.8 Å². The quantitative estimate of drug-likeness (QED) is 0.753. The molecular weight excluding hydrogens is 270 g/mol. The Bertz CT molecular complexity index is 507. The summed E-state index contributed by atoms with van der Waals surface area (Å²) in [5.74, 6) is 1.76. The first kappa shape index (κ1) is 14.9. The minimum Gasteiger partial charge on any atom is -0.494 e. The first-order chi connectivity index (χ1) is 9.78. The third kappa shape index (κ3) is 4.87. The highest BCUT2D eigenvalue weighted by Gasteiger charge is 1.97. The Kier molecular flexibility index (Phi) is 5.89. The van der Waals surface area contributed by atoms with Gasteiger partial charge < -0.3 is 14.8 Å². The van der Waals surface area contributed by atoms with Crippen LogP contribution in [0, 0.1) is 6.92 Å². The van der Waals surface area contributed by atoms with Gasteiger partial charge in [-0.25, -0.2) is 0 Å². The highest BCUT2D eigenvalue weighted by Crippen LogP contribution is 2.17. The molecule has 0 spiro atoms. The number of rotatable bonds is 8. The van der Waals surface area contributed by atoms with Crippen molar-refractivity contribution in [2.24, 2.45) is 0 Å². The van der Waals surface area contributed by atoms with Crippen molar-refractivity contribution in [1.29, 1.82) is 0 Å². The molecule has 0 aliphatic carbocycles. The fraction of sp³-hybridized carbons (Fsp3) is 0.375. The lowest BCUT2D eigenvalue weighted by atomic mass is 10.3. The Morgan fingerprint density at radius 2 is 1.70 bits per heavy atom. The highest BCUT2D eigenvalue weighted by atomic mass is 32.1. The van der Waals surface area contributed by atoms with E-state index in [0.717, 1.165) is 24.6 Å². The Balaban J connectivity index is 1.63. The largest absolute Gasteiger partial charge is 0.494 e. The van der Waals surface area contributed by atoms with Crippen LogP contribution in [0.25, 0.3) is 0 Å². The number of hydrogen-bond acceptors (Lipinski definition) is 4. The number of ether oxygens (including phenoxy) is 2. The summed E-state index contributed by atoms with van der Waals surface area (Å²) in [6, 6.07) is 12.1. The Morgan fingerprint density at radius 3 is 2.30 bits per heavy atom. The van der Waals surface area contributed by atoms with E-state index in [9.17, 15) is 0 Å². The molecule has 0 unspecified atom stereocenters. The van der Waals surface area contributed by atoms with E-state index >= 15 is 0 Å². The minimum absolute atomic E-state index is 0.665. The number of aryl methyl sites for hydroxylation is 1. The average molecular weight is 291 g/mol. The van der Waals surface area contributed by atoms with Gasteiger partial charge in [0.15, 0.2) is 0 Å². The second-order valence-corrected chi connectivity index (χ2v) is 5.81. The minimum atomic E-state index is 0.665. The number of nitrogens with one attached hydrogen (secondary N) is 1. The number of thiophene rings is 1. The second-order valence-electron chi connectivity index (χ2n) is 4.44. The van der Waals surface area contributed by atoms with E-state index in [1.807, 2.05) is 42.5 Å². The highest BCUT2D eigenvalue weighted by molar-refractivity contribution is 7.11. The molecule has 0 aliphatic heterocycles. The summed E-state index contributed by atoms with van der Waals surface area (Å²) in [5.41, 5.74) is 0. The molecule has 3 nitrogen and oxygen atoms in total. The van der Waals surface area contributed by atoms with Gasteiger partial charge in [0.25, 0.3) is 0 Å². The molecule has 1 heterocycles. The smallest absolute Gasteiger partial charge is 0.119 e. The summed E-state index contributed by atoms with van der Waals surface area (Å²) in [5, 5.41) is 3.38. The van der Waals surface area contributed by atoms with E-state index in [0.29, 0.717) is 13.2 Å². The summed E-state index contributed by atoms with van der Waals surface area (Å²) >= 11 is 1.83. The third-order valence-electron chi connectivity index (χ3n) is 2.78. The molecule has 1 N–H and O–H groups in total. The second kappa shape index (κ2) is 7.92. The van der Waals surface area contributed by atoms with Crippen molar-refractivity contribution in [3.63, 3.8) is 0 Å². The topological polar surface area (TPSA) is 30.5 Å². The standard InChI is InChI=1S/C16H21NO2S/c1-3-18-14-5-7-15(8-6-14)19-11-10-17-12-16-9-4-13(2)20-16/h4-9,17H,3,10-12H2,1-2H3. The zero-order chi connectivity index (χ0) is 14.2. The predicted octanol–water partition coefficient (Wildman–Crippen LogP) is 3.62. The van der Waals surface area contributed by atoms with Gasteiger partial charge in [-0.15, -0.1) is 11.3 Å². The van der Waals surface area contributed by atoms with Gasteiger partial charge in [-0.05, 0) is 50.2 Å². The number of hydrogen-bond donors (Lipinski definition) is 1. The molecule has 2 aromatic rings. The van der Waals surface area contributed by atoms with E-state index in [2.05, 4.69) is 24.4 Å². The molecule has 2 rings (SSSR count). The zero-order valence-corrected chi connectivity index (χ0v) is 12.8. The Hall–Kier alpha value is -1.52. The van der Waals surface area contributed by atoms with Crippen molar-refractivity contribution >= 4 is 11.3 Å². The van der Waals surface area contributed by atoms with Crippen molar-refractivity contribution in [2.45, 2.75) is 20.4 Å². The lowest BCUT2D eigenvalue weighted by molar-refractivity contribution is 0.311. The van der Waals surface area contributed by atoms with E-state index in [1.54, 1.807) is 0 Å². The molecular formula is C16H21NO2S. The zero-order valence-electron chi connectivity index (χ0n) is 12.0. The van der Waals surface area contributed by atoms with Crippen LogP contribution in [0.15, 0.2) is 36.4 Å². The molecule has 4 heteroatoms. The predicted molar refractivity (Wildman–Crippen MR) is 83.9 cm³/mol. The summed E-state index contributed by atoms with van der Waals surface area (Å²) in [4.78, 5) is 2.72. The van der Waals surface area contributed by atoms with Crippen molar-refractivity contribution in [1.82, 2.24) is 5.32 Å². The van der Waals surface area contributed by atoms with Crippen LogP contribution in [0.5, 0.6) is 11.5 Å². The lowest BCUT2D eigenvalue weighted by Gasteiger charge is -2.08. The van der Waals surface area contributed by atoms with Crippen LogP contribution in [0.3, 0.4) is 0 Å². The molecule has 0 saturated carbocycles. The fourth-order valence-corrected chi connectivity index (χ4v) is 2.69. The van der Waals surface area contributed by atoms with Crippen molar-refractivity contribution < 1.29 is 9.47 Å². The molecule has 0 saturated heterocycles. The summed E-state index contributed by atoms with van der Waals surface area (Å²) < 4.78 is 11.1. The van der Waals surface area contributed by atoms with Crippen LogP contribution in [0.2, 0.25) is 0 Å². The first-order valence-electron chi connectivity index (χ1n) is 6.89. The summed E-state index contributed by atoms with van der Waals surface area (Å²) in [6.07, 6.45) is 0. The average Bonchev–Trinajstić information content (AvgIpc) is 2.86. The monoisotopic (exact) mass is 291 g/mol. The number of benzene rings is 1. The van der Waals surface area contributed by atoms with Gasteiger partial charge in [0.05, 0.1) is 6.61 Å². The van der Waals surface area contributed by atoms with Gasteiger partial charge in [0.2, 0.25) is 0 Å². The normalized spacial score (nSPS) is 10.5. The van der Waals surface area contributed by atoms with Crippen molar-refractivity contribution in [2.75, 3.05) is 19.8 Å². The maximum absolute atomic E-state index is 5.67. The lowest BCUT2D eigenvalue weighted by Crippen LogP contribution is -2.20. The van der Waals surface area contributed by atoms with Crippen LogP contribution >= 0.6 is 11.3 Å². The maximum atomic E-state index is 5.67. The molecule has 0 amide bonds. The fourth-order valence-electron chi connectivity index (χ4n) is 1.83. The van der Waals surface area contributed by atoms with Gasteiger partial charge in [0, 0.05) is 22.8 Å². The van der Waals surface area contributed by atoms with Gasteiger partial charge in [-0.1, -0.05) is 0 Å². The van der Waals surface area contributed by atoms with E-state index in [4.69, 9.17) is 9.47 Å². The van der Waals surface area contributed by atoms with Crippen LogP contribution in [-0.2, 0) is 6.54 Å². The molecule has 0 fully saturated rings. The van der Waals surface area contributed by atoms with Crippen LogP contribution in [0.4, 0.5) is 0 Å². The molecule has 0 atom stereocenters. The maximum Gasteiger partial charge on any atom is 0.119 e. The molecule has 0 aliphatic rings. The van der Waals surface area contributed by atoms with E-state index in [1.165, 1.54) is 9.75 Å². The molecule has 108 valence electrons. The Labute approximate surface area is 124 Å². The summed E-state index contributed by atoms with van der Waals surface area (Å²) in [7, 11) is 0. The first-order valence-corrected chi connectivity index (χ1v) is 7.71. The molecule has 20 heavy (non-hydrogen) atoms. The van der Waals surface area contributed by atoms with Gasteiger partial charge in [0.1, 0.15) is 18.1 Å². The van der Waals surface area contributed by atoms with Gasteiger partial charge in [-0.3, -0.25) is 0 Å². The van der Waals surface area contributed by atoms with E-state index < -0.39 is 0 Å². The molecule has 1 aromatic heterocycles. The SMILES string of the molecule is CCOc1ccc(OCCNCc2ccc(C)s2)cc1. The van der Waals surface area contributed by atoms with Gasteiger partial charge in [-0.2, -0.15) is 0 Å². The summed E-state index contributed by atoms with van der Waals surface area (Å²) in [6.45, 7) is 7.20. The molecule has 0 bridgehead atoms. The van der Waals surface area contributed by atoms with Gasteiger partial charge >= 0.3 is 0 Å². The Morgan fingerprint density at radius 1 is 1.00 bits per heavy atom. The third-order valence-corrected chi connectivity index (χ3v) is 3.78. The molecule has 1 aromatic carbocycles.